The van der Waals surface area contributed by atoms with Crippen molar-refractivity contribution in [1.29, 1.82) is 0 Å². The summed E-state index contributed by atoms with van der Waals surface area (Å²) in [4.78, 5) is 30.8. The van der Waals surface area contributed by atoms with Gasteiger partial charge in [-0.15, -0.1) is 11.8 Å². The lowest BCUT2D eigenvalue weighted by molar-refractivity contribution is -0.134. The Morgan fingerprint density at radius 3 is 2.40 bits per heavy atom. The lowest BCUT2D eigenvalue weighted by Gasteiger charge is -2.30. The van der Waals surface area contributed by atoms with E-state index in [0.717, 1.165) is 34.0 Å². The van der Waals surface area contributed by atoms with Gasteiger partial charge in [-0.2, -0.15) is 5.10 Å². The summed E-state index contributed by atoms with van der Waals surface area (Å²) in [6.07, 6.45) is 0. The molecule has 1 aromatic heterocycles. The quantitative estimate of drug-likeness (QED) is 0.443. The van der Waals surface area contributed by atoms with E-state index in [0.29, 0.717) is 32.1 Å². The largest absolute Gasteiger partial charge is 0.497 e. The Labute approximate surface area is 239 Å². The monoisotopic (exact) mass is 564 g/mol. The minimum absolute atomic E-state index is 0.0729. The van der Waals surface area contributed by atoms with Crippen molar-refractivity contribution in [2.45, 2.75) is 31.4 Å². The molecule has 0 spiro atoms. The molecule has 0 saturated carbocycles. The molecular weight excluding hydrogens is 528 g/mol. The minimum Gasteiger partial charge on any atom is -0.497 e. The molecule has 1 atom stereocenters. The molecule has 9 nitrogen and oxygen atoms in total. The third-order valence-corrected chi connectivity index (χ3v) is 8.43. The Bertz CT molecular complexity index is 1380. The number of methoxy groups -OCH3 is 2. The Hall–Kier alpha value is -3.50. The third kappa shape index (κ3) is 5.42. The van der Waals surface area contributed by atoms with Crippen LogP contribution in [-0.4, -0.2) is 79.3 Å². The molecule has 1 fully saturated rings. The number of hydrogen-bond donors (Lipinski definition) is 0. The van der Waals surface area contributed by atoms with Gasteiger partial charge < -0.3 is 19.1 Å². The minimum atomic E-state index is -0.351. The molecule has 5 rings (SSSR count). The van der Waals surface area contributed by atoms with Crippen LogP contribution < -0.4 is 14.4 Å². The summed E-state index contributed by atoms with van der Waals surface area (Å²) < 4.78 is 18.4. The highest BCUT2D eigenvalue weighted by molar-refractivity contribution is 8.00. The maximum Gasteiger partial charge on any atom is 0.242 e. The Balaban J connectivity index is 1.74. The topological polar surface area (TPSA) is 86.1 Å². The van der Waals surface area contributed by atoms with Crippen LogP contribution in [0.2, 0.25) is 0 Å². The number of thioether (sulfide) groups is 1. The molecule has 2 amide bonds. The van der Waals surface area contributed by atoms with Crippen molar-refractivity contribution in [2.75, 3.05) is 57.7 Å². The van der Waals surface area contributed by atoms with Gasteiger partial charge in [0.05, 0.1) is 49.8 Å². The summed E-state index contributed by atoms with van der Waals surface area (Å²) in [6.45, 7) is 8.30. The molecule has 1 unspecified atom stereocenters. The van der Waals surface area contributed by atoms with E-state index < -0.39 is 0 Å². The molecule has 212 valence electrons. The molecule has 3 heterocycles. The van der Waals surface area contributed by atoms with Crippen LogP contribution in [0, 0.1) is 0 Å². The highest BCUT2D eigenvalue weighted by atomic mass is 32.2. The van der Waals surface area contributed by atoms with Gasteiger partial charge in [0.2, 0.25) is 11.8 Å². The number of benzene rings is 2. The normalized spacial score (nSPS) is 17.8. The van der Waals surface area contributed by atoms with E-state index in [-0.39, 0.29) is 34.8 Å². The van der Waals surface area contributed by atoms with Crippen molar-refractivity contribution in [2.24, 2.45) is 0 Å². The number of ether oxygens (including phenoxy) is 3. The zero-order chi connectivity index (χ0) is 28.4. The van der Waals surface area contributed by atoms with Gasteiger partial charge in [-0.3, -0.25) is 14.5 Å². The second kappa shape index (κ2) is 11.5. The summed E-state index contributed by atoms with van der Waals surface area (Å²) in [5, 5.41) is 4.91. The second-order valence-corrected chi connectivity index (χ2v) is 11.9. The van der Waals surface area contributed by atoms with Crippen LogP contribution in [0.15, 0.2) is 48.5 Å². The molecule has 0 aliphatic carbocycles. The smallest absolute Gasteiger partial charge is 0.242 e. The molecule has 0 bridgehead atoms. The molecule has 3 aromatic rings. The first-order valence-corrected chi connectivity index (χ1v) is 14.5. The van der Waals surface area contributed by atoms with Crippen molar-refractivity contribution < 1.29 is 23.8 Å². The van der Waals surface area contributed by atoms with Crippen LogP contribution in [0.4, 0.5) is 5.82 Å². The number of morpholine rings is 1. The van der Waals surface area contributed by atoms with Crippen molar-refractivity contribution in [1.82, 2.24) is 14.7 Å². The number of carbonyl (C=O) groups excluding carboxylic acids is 2. The molecule has 40 heavy (non-hydrogen) atoms. The zero-order valence-corrected chi connectivity index (χ0v) is 24.5. The molecule has 2 aliphatic rings. The standard InChI is InChI=1S/C30H36N4O5S/c1-30(2,3)28-26-27(22-8-6-7-9-23(22)38-5)40-19-25(36)33(18-24(35)32-14-16-39-17-15-32)29(26)34(31-28)20-10-12-21(37-4)13-11-20/h6-13,27H,14-19H2,1-5H3. The molecule has 10 heteroatoms. The van der Waals surface area contributed by atoms with Crippen LogP contribution >= 0.6 is 11.8 Å². The van der Waals surface area contributed by atoms with E-state index >= 15 is 0 Å². The highest BCUT2D eigenvalue weighted by Crippen LogP contribution is 2.50. The van der Waals surface area contributed by atoms with Crippen LogP contribution in [0.1, 0.15) is 42.8 Å². The van der Waals surface area contributed by atoms with Gasteiger partial charge >= 0.3 is 0 Å². The maximum atomic E-state index is 13.9. The van der Waals surface area contributed by atoms with E-state index in [1.165, 1.54) is 11.8 Å². The fourth-order valence-corrected chi connectivity index (χ4v) is 6.38. The first-order chi connectivity index (χ1) is 19.2. The van der Waals surface area contributed by atoms with E-state index in [2.05, 4.69) is 20.8 Å². The number of amides is 2. The number of hydrogen-bond acceptors (Lipinski definition) is 7. The average Bonchev–Trinajstić information content (AvgIpc) is 3.31. The maximum absolute atomic E-state index is 13.9. The van der Waals surface area contributed by atoms with Crippen LogP contribution in [-0.2, 0) is 19.7 Å². The summed E-state index contributed by atoms with van der Waals surface area (Å²) in [5.74, 6) is 2.04. The summed E-state index contributed by atoms with van der Waals surface area (Å²) in [6, 6.07) is 15.5. The Morgan fingerprint density at radius 2 is 1.75 bits per heavy atom. The van der Waals surface area contributed by atoms with Crippen molar-refractivity contribution >= 4 is 29.4 Å². The number of aromatic nitrogens is 2. The van der Waals surface area contributed by atoms with Gasteiger partial charge in [-0.1, -0.05) is 39.0 Å². The molecule has 0 radical (unpaired) electrons. The van der Waals surface area contributed by atoms with Gasteiger partial charge in [-0.05, 0) is 30.3 Å². The first kappa shape index (κ1) is 28.0. The van der Waals surface area contributed by atoms with Crippen LogP contribution in [0.25, 0.3) is 5.69 Å². The summed E-state index contributed by atoms with van der Waals surface area (Å²) in [7, 11) is 3.28. The fourth-order valence-electron chi connectivity index (χ4n) is 5.15. The van der Waals surface area contributed by atoms with E-state index in [1.54, 1.807) is 24.0 Å². The van der Waals surface area contributed by atoms with Gasteiger partial charge in [0.25, 0.3) is 0 Å². The predicted octanol–water partition coefficient (Wildman–Crippen LogP) is 4.22. The molecule has 0 N–H and O–H groups in total. The fraction of sp³-hybridized carbons (Fsp3) is 0.433. The highest BCUT2D eigenvalue weighted by Gasteiger charge is 2.41. The number of para-hydroxylation sites is 1. The predicted molar refractivity (Wildman–Crippen MR) is 156 cm³/mol. The van der Waals surface area contributed by atoms with E-state index in [9.17, 15) is 9.59 Å². The first-order valence-electron chi connectivity index (χ1n) is 13.4. The number of nitrogens with zero attached hydrogens (tertiary/aromatic N) is 4. The van der Waals surface area contributed by atoms with Gasteiger partial charge in [0.15, 0.2) is 0 Å². The molecule has 2 aromatic carbocycles. The lowest BCUT2D eigenvalue weighted by Crippen LogP contribution is -2.48. The van der Waals surface area contributed by atoms with Crippen LogP contribution in [0.3, 0.4) is 0 Å². The lowest BCUT2D eigenvalue weighted by atomic mass is 9.87. The van der Waals surface area contributed by atoms with Gasteiger partial charge in [0.1, 0.15) is 23.9 Å². The number of anilines is 1. The van der Waals surface area contributed by atoms with Gasteiger partial charge in [0, 0.05) is 29.6 Å². The number of fused-ring (bicyclic) bond motifs is 1. The zero-order valence-electron chi connectivity index (χ0n) is 23.7. The van der Waals surface area contributed by atoms with Crippen LogP contribution in [0.5, 0.6) is 11.5 Å². The van der Waals surface area contributed by atoms with E-state index in [1.807, 2.05) is 53.2 Å². The molecule has 1 saturated heterocycles. The number of rotatable bonds is 6. The SMILES string of the molecule is COc1ccc(-n2nc(C(C)(C)C)c3c2N(CC(=O)N2CCOCC2)C(=O)CSC3c2ccccc2OC)cc1. The van der Waals surface area contributed by atoms with Crippen molar-refractivity contribution in [3.63, 3.8) is 0 Å². The summed E-state index contributed by atoms with van der Waals surface area (Å²) in [5.41, 5.74) is 3.16. The summed E-state index contributed by atoms with van der Waals surface area (Å²) >= 11 is 1.54. The van der Waals surface area contributed by atoms with Crippen molar-refractivity contribution in [3.8, 4) is 17.2 Å². The Kier molecular flexibility index (Phi) is 8.09. The molecular formula is C30H36N4O5S. The van der Waals surface area contributed by atoms with Gasteiger partial charge in [-0.25, -0.2) is 4.68 Å². The second-order valence-electron chi connectivity index (χ2n) is 10.9. The average molecular weight is 565 g/mol. The third-order valence-electron chi connectivity index (χ3n) is 7.19. The van der Waals surface area contributed by atoms with Crippen molar-refractivity contribution in [3.05, 3.63) is 65.4 Å². The molecule has 2 aliphatic heterocycles. The van der Waals surface area contributed by atoms with E-state index in [4.69, 9.17) is 19.3 Å². The Morgan fingerprint density at radius 1 is 1.05 bits per heavy atom. The number of carbonyl (C=O) groups is 2.